The third-order valence-electron chi connectivity index (χ3n) is 3.04. The number of pyridine rings is 1. The van der Waals surface area contributed by atoms with Gasteiger partial charge in [-0.1, -0.05) is 13.8 Å². The minimum absolute atomic E-state index is 0.434. The minimum Gasteiger partial charge on any atom is -0.484 e. The summed E-state index contributed by atoms with van der Waals surface area (Å²) in [6.45, 7) is 8.26. The molecule has 0 amide bonds. The fraction of sp³-hybridized carbons (Fsp3) is 0.438. The number of hydrogen-bond acceptors (Lipinski definition) is 4. The molecule has 0 aliphatic rings. The van der Waals surface area contributed by atoms with Crippen LogP contribution in [0.4, 0.5) is 0 Å². The first-order valence-corrected chi connectivity index (χ1v) is 7.10. The van der Waals surface area contributed by atoms with E-state index in [9.17, 15) is 0 Å². The van der Waals surface area contributed by atoms with Crippen LogP contribution in [0, 0.1) is 6.92 Å². The zero-order valence-corrected chi connectivity index (χ0v) is 12.4. The highest BCUT2D eigenvalue weighted by molar-refractivity contribution is 5.29. The van der Waals surface area contributed by atoms with E-state index in [1.807, 2.05) is 31.2 Å². The summed E-state index contributed by atoms with van der Waals surface area (Å²) < 4.78 is 11.5. The lowest BCUT2D eigenvalue weighted by molar-refractivity contribution is 0.261. The van der Waals surface area contributed by atoms with Gasteiger partial charge in [0.25, 0.3) is 0 Å². The van der Waals surface area contributed by atoms with Crippen LogP contribution >= 0.6 is 0 Å². The summed E-state index contributed by atoms with van der Waals surface area (Å²) in [7, 11) is 0. The molecule has 0 bridgehead atoms. The van der Waals surface area contributed by atoms with Gasteiger partial charge in [-0.15, -0.1) is 0 Å². The molecule has 2 rings (SSSR count). The predicted octanol–water partition coefficient (Wildman–Crippen LogP) is 3.23. The minimum atomic E-state index is 0.434. The van der Waals surface area contributed by atoms with Crippen molar-refractivity contribution in [2.75, 3.05) is 6.54 Å². The number of rotatable bonds is 7. The van der Waals surface area contributed by atoms with E-state index in [2.05, 4.69) is 24.1 Å². The maximum Gasteiger partial charge on any atom is 0.146 e. The largest absolute Gasteiger partial charge is 0.484 e. The van der Waals surface area contributed by atoms with Crippen molar-refractivity contribution >= 4 is 0 Å². The molecule has 2 aromatic heterocycles. The normalized spacial score (nSPS) is 10.8. The van der Waals surface area contributed by atoms with Crippen molar-refractivity contribution in [2.45, 2.75) is 40.3 Å². The van der Waals surface area contributed by atoms with Crippen molar-refractivity contribution in [3.8, 4) is 5.75 Å². The Kier molecular flexibility index (Phi) is 5.18. The maximum absolute atomic E-state index is 5.81. The van der Waals surface area contributed by atoms with Gasteiger partial charge in [0.1, 0.15) is 23.9 Å². The zero-order valence-electron chi connectivity index (χ0n) is 12.4. The van der Waals surface area contributed by atoms with Crippen molar-refractivity contribution in [3.05, 3.63) is 47.2 Å². The van der Waals surface area contributed by atoms with Crippen LogP contribution in [0.15, 0.2) is 28.7 Å². The van der Waals surface area contributed by atoms with Gasteiger partial charge in [-0.05, 0) is 44.2 Å². The third-order valence-corrected chi connectivity index (χ3v) is 3.04. The molecule has 0 aliphatic carbocycles. The topological polar surface area (TPSA) is 47.3 Å². The SMILES string of the molecule is CCNCc1ccc(COc2ccc(C)nc2CC)o1. The van der Waals surface area contributed by atoms with Gasteiger partial charge in [0, 0.05) is 5.69 Å². The summed E-state index contributed by atoms with van der Waals surface area (Å²) >= 11 is 0. The molecule has 0 unspecified atom stereocenters. The Morgan fingerprint density at radius 3 is 2.70 bits per heavy atom. The number of nitrogens with one attached hydrogen (secondary N) is 1. The van der Waals surface area contributed by atoms with Crippen molar-refractivity contribution in [1.29, 1.82) is 0 Å². The fourth-order valence-corrected chi connectivity index (χ4v) is 1.97. The Bertz CT molecular complexity index is 549. The molecular weight excluding hydrogens is 252 g/mol. The van der Waals surface area contributed by atoms with Gasteiger partial charge in [0.15, 0.2) is 0 Å². The molecule has 20 heavy (non-hydrogen) atoms. The first-order chi connectivity index (χ1) is 9.72. The van der Waals surface area contributed by atoms with E-state index >= 15 is 0 Å². The second kappa shape index (κ2) is 7.10. The Labute approximate surface area is 120 Å². The predicted molar refractivity (Wildman–Crippen MR) is 78.8 cm³/mol. The number of aryl methyl sites for hydroxylation is 2. The fourth-order valence-electron chi connectivity index (χ4n) is 1.97. The molecule has 0 saturated heterocycles. The van der Waals surface area contributed by atoms with E-state index in [1.165, 1.54) is 0 Å². The van der Waals surface area contributed by atoms with Gasteiger partial charge in [0.2, 0.25) is 0 Å². The molecule has 4 nitrogen and oxygen atoms in total. The first-order valence-electron chi connectivity index (χ1n) is 7.10. The number of furan rings is 1. The number of ether oxygens (including phenoxy) is 1. The van der Waals surface area contributed by atoms with Gasteiger partial charge in [-0.25, -0.2) is 0 Å². The summed E-state index contributed by atoms with van der Waals surface area (Å²) in [4.78, 5) is 4.48. The Balaban J connectivity index is 1.96. The third kappa shape index (κ3) is 3.84. The number of nitrogens with zero attached hydrogens (tertiary/aromatic N) is 1. The second-order valence-electron chi connectivity index (χ2n) is 4.69. The van der Waals surface area contributed by atoms with Crippen LogP contribution in [0.5, 0.6) is 5.75 Å². The molecule has 0 atom stereocenters. The molecule has 2 aromatic rings. The summed E-state index contributed by atoms with van der Waals surface area (Å²) in [6, 6.07) is 7.88. The zero-order chi connectivity index (χ0) is 14.4. The lowest BCUT2D eigenvalue weighted by atomic mass is 10.2. The van der Waals surface area contributed by atoms with Crippen LogP contribution in [0.25, 0.3) is 0 Å². The van der Waals surface area contributed by atoms with Gasteiger partial charge >= 0.3 is 0 Å². The molecule has 0 fully saturated rings. The van der Waals surface area contributed by atoms with E-state index in [0.717, 1.165) is 48.2 Å². The molecule has 4 heteroatoms. The quantitative estimate of drug-likeness (QED) is 0.842. The molecule has 0 aliphatic heterocycles. The Hall–Kier alpha value is -1.81. The van der Waals surface area contributed by atoms with Crippen molar-refractivity contribution in [2.24, 2.45) is 0 Å². The monoisotopic (exact) mass is 274 g/mol. The van der Waals surface area contributed by atoms with Gasteiger partial charge in [-0.3, -0.25) is 4.98 Å². The van der Waals surface area contributed by atoms with Crippen molar-refractivity contribution < 1.29 is 9.15 Å². The maximum atomic E-state index is 5.81. The van der Waals surface area contributed by atoms with Crippen LogP contribution in [0.3, 0.4) is 0 Å². The van der Waals surface area contributed by atoms with Crippen LogP contribution in [0.2, 0.25) is 0 Å². The highest BCUT2D eigenvalue weighted by atomic mass is 16.5. The Morgan fingerprint density at radius 2 is 1.95 bits per heavy atom. The number of aromatic nitrogens is 1. The average molecular weight is 274 g/mol. The van der Waals surface area contributed by atoms with Crippen LogP contribution in [0.1, 0.15) is 36.8 Å². The van der Waals surface area contributed by atoms with E-state index < -0.39 is 0 Å². The molecule has 108 valence electrons. The summed E-state index contributed by atoms with van der Waals surface area (Å²) in [5.41, 5.74) is 2.00. The molecule has 2 heterocycles. The van der Waals surface area contributed by atoms with E-state index in [4.69, 9.17) is 9.15 Å². The van der Waals surface area contributed by atoms with Crippen LogP contribution < -0.4 is 10.1 Å². The summed E-state index contributed by atoms with van der Waals surface area (Å²) in [5.74, 6) is 2.60. The first kappa shape index (κ1) is 14.6. The lowest BCUT2D eigenvalue weighted by Gasteiger charge is -2.09. The Morgan fingerprint density at radius 1 is 1.15 bits per heavy atom. The highest BCUT2D eigenvalue weighted by Gasteiger charge is 2.07. The van der Waals surface area contributed by atoms with Crippen molar-refractivity contribution in [3.63, 3.8) is 0 Å². The smallest absolute Gasteiger partial charge is 0.146 e. The molecule has 0 radical (unpaired) electrons. The van der Waals surface area contributed by atoms with E-state index in [1.54, 1.807) is 0 Å². The average Bonchev–Trinajstić information content (AvgIpc) is 2.91. The van der Waals surface area contributed by atoms with E-state index in [-0.39, 0.29) is 0 Å². The summed E-state index contributed by atoms with van der Waals surface area (Å²) in [6.07, 6.45) is 0.862. The molecule has 1 N–H and O–H groups in total. The highest BCUT2D eigenvalue weighted by Crippen LogP contribution is 2.19. The lowest BCUT2D eigenvalue weighted by Crippen LogP contribution is -2.10. The molecule has 0 saturated carbocycles. The van der Waals surface area contributed by atoms with Gasteiger partial charge < -0.3 is 14.5 Å². The molecular formula is C16H22N2O2. The molecule has 0 spiro atoms. The van der Waals surface area contributed by atoms with Gasteiger partial charge in [-0.2, -0.15) is 0 Å². The van der Waals surface area contributed by atoms with Gasteiger partial charge in [0.05, 0.1) is 12.2 Å². The molecule has 0 aromatic carbocycles. The number of hydrogen-bond donors (Lipinski definition) is 1. The second-order valence-corrected chi connectivity index (χ2v) is 4.69. The summed E-state index contributed by atoms with van der Waals surface area (Å²) in [5, 5.41) is 3.23. The van der Waals surface area contributed by atoms with Crippen molar-refractivity contribution in [1.82, 2.24) is 10.3 Å². The van der Waals surface area contributed by atoms with Crippen LogP contribution in [-0.2, 0) is 19.6 Å². The standard InChI is InChI=1S/C16H22N2O2/c1-4-15-16(9-6-12(3)18-15)19-11-14-8-7-13(20-14)10-17-5-2/h6-9,17H,4-5,10-11H2,1-3H3. The van der Waals surface area contributed by atoms with Crippen LogP contribution in [-0.4, -0.2) is 11.5 Å². The van der Waals surface area contributed by atoms with E-state index in [0.29, 0.717) is 6.61 Å².